The normalized spacial score (nSPS) is 13.6. The van der Waals surface area contributed by atoms with E-state index in [9.17, 15) is 29.8 Å². The number of ketones is 1. The minimum Gasteiger partial charge on any atom is -0.322 e. The molecule has 0 aromatic heterocycles. The Morgan fingerprint density at radius 1 is 0.943 bits per heavy atom. The largest absolute Gasteiger partial charge is 0.322 e. The van der Waals surface area contributed by atoms with E-state index in [0.29, 0.717) is 16.7 Å². The summed E-state index contributed by atoms with van der Waals surface area (Å²) in [6.07, 6.45) is 1.40. The summed E-state index contributed by atoms with van der Waals surface area (Å²) in [4.78, 5) is 47.4. The third-order valence-electron chi connectivity index (χ3n) is 5.17. The molecule has 1 aliphatic rings. The number of amides is 1. The van der Waals surface area contributed by atoms with Gasteiger partial charge < -0.3 is 5.32 Å². The minimum atomic E-state index is -0.779. The van der Waals surface area contributed by atoms with E-state index >= 15 is 0 Å². The van der Waals surface area contributed by atoms with Crippen LogP contribution in [0.5, 0.6) is 0 Å². The van der Waals surface area contributed by atoms with Gasteiger partial charge in [0.05, 0.1) is 15.4 Å². The van der Waals surface area contributed by atoms with Gasteiger partial charge in [-0.05, 0) is 36.3 Å². The fraction of sp³-hybridized carbons (Fsp3) is 0.0417. The summed E-state index contributed by atoms with van der Waals surface area (Å²) < 4.78 is 0. The molecule has 0 bridgehead atoms. The van der Waals surface area contributed by atoms with Crippen molar-refractivity contribution in [3.63, 3.8) is 0 Å². The van der Waals surface area contributed by atoms with Gasteiger partial charge in [0.25, 0.3) is 17.3 Å². The first kappa shape index (κ1) is 23.0. The quantitative estimate of drug-likeness (QED) is 0.309. The fourth-order valence-corrected chi connectivity index (χ4v) is 3.49. The third-order valence-corrected chi connectivity index (χ3v) is 5.17. The predicted molar refractivity (Wildman–Crippen MR) is 129 cm³/mol. The average Bonchev–Trinajstić information content (AvgIpc) is 2.83. The first-order valence-electron chi connectivity index (χ1n) is 10.2. The molecule has 2 N–H and O–H groups in total. The van der Waals surface area contributed by atoms with Crippen molar-refractivity contribution in [1.82, 2.24) is 0 Å². The van der Waals surface area contributed by atoms with Crippen molar-refractivity contribution in [2.45, 2.75) is 6.92 Å². The van der Waals surface area contributed by atoms with Crippen molar-refractivity contribution in [3.05, 3.63) is 109 Å². The van der Waals surface area contributed by atoms with Crippen LogP contribution in [0.1, 0.15) is 16.7 Å². The van der Waals surface area contributed by atoms with Crippen molar-refractivity contribution < 1.29 is 19.4 Å². The first-order chi connectivity index (χ1) is 16.7. The maximum atomic E-state index is 13.2. The second-order valence-corrected chi connectivity index (χ2v) is 7.59. The zero-order chi connectivity index (χ0) is 25.1. The Hall–Kier alpha value is -5.19. The molecule has 0 saturated carbocycles. The number of hydrogen-bond acceptors (Lipinski definition) is 8. The zero-order valence-electron chi connectivity index (χ0n) is 18.2. The number of nitro groups is 2. The van der Waals surface area contributed by atoms with Crippen LogP contribution in [0.3, 0.4) is 0 Å². The molecule has 0 radical (unpaired) electrons. The third kappa shape index (κ3) is 4.78. The number of hydrogen-bond donors (Lipinski definition) is 2. The molecule has 4 rings (SSSR count). The summed E-state index contributed by atoms with van der Waals surface area (Å²) in [6, 6.07) is 16.6. The second kappa shape index (κ2) is 9.35. The SMILES string of the molecule is Cc1ccc(N/N=C2\C(=O)C(C(=O)Nc3cccc([N+](=O)[O-])c3)=Cc3ccccc32)c([N+](=O)[O-])c1. The Balaban J connectivity index is 1.68. The van der Waals surface area contributed by atoms with Gasteiger partial charge in [-0.1, -0.05) is 36.4 Å². The van der Waals surface area contributed by atoms with Gasteiger partial charge in [-0.25, -0.2) is 0 Å². The van der Waals surface area contributed by atoms with Crippen molar-refractivity contribution >= 4 is 46.2 Å². The number of rotatable bonds is 6. The summed E-state index contributed by atoms with van der Waals surface area (Å²) in [5.41, 5.74) is 3.67. The number of carbonyl (C=O) groups excluding carboxylic acids is 2. The highest BCUT2D eigenvalue weighted by Gasteiger charge is 2.30. The lowest BCUT2D eigenvalue weighted by Gasteiger charge is -2.17. The molecular weight excluding hydrogens is 454 g/mol. The number of fused-ring (bicyclic) bond motifs is 1. The standard InChI is InChI=1S/C24H17N5O6/c1-14-9-10-20(21(11-14)29(34)35)26-27-22-18-8-3-2-5-15(18)12-19(23(22)30)24(31)25-16-6-4-7-17(13-16)28(32)33/h2-13,26H,1H3,(H,25,31)/b27-22-. The van der Waals surface area contributed by atoms with Crippen LogP contribution in [-0.2, 0) is 9.59 Å². The first-order valence-corrected chi connectivity index (χ1v) is 10.2. The molecule has 11 heteroatoms. The maximum Gasteiger partial charge on any atom is 0.294 e. The van der Waals surface area contributed by atoms with Gasteiger partial charge >= 0.3 is 0 Å². The van der Waals surface area contributed by atoms with Crippen LogP contribution < -0.4 is 10.7 Å². The fourth-order valence-electron chi connectivity index (χ4n) is 3.49. The van der Waals surface area contributed by atoms with Gasteiger partial charge in [0.2, 0.25) is 5.78 Å². The number of non-ortho nitro benzene ring substituents is 1. The van der Waals surface area contributed by atoms with Crippen LogP contribution in [-0.4, -0.2) is 27.2 Å². The smallest absolute Gasteiger partial charge is 0.294 e. The Kier molecular flexibility index (Phi) is 6.14. The van der Waals surface area contributed by atoms with Crippen molar-refractivity contribution in [2.75, 3.05) is 10.7 Å². The van der Waals surface area contributed by atoms with E-state index in [1.54, 1.807) is 37.3 Å². The minimum absolute atomic E-state index is 0.0792. The van der Waals surface area contributed by atoms with E-state index < -0.39 is 21.5 Å². The average molecular weight is 471 g/mol. The number of aryl methyl sites for hydroxylation is 1. The number of Topliss-reactive ketones (excluding diaryl/α,β-unsaturated/α-hetero) is 1. The lowest BCUT2D eigenvalue weighted by Crippen LogP contribution is -2.30. The van der Waals surface area contributed by atoms with E-state index in [1.165, 1.54) is 42.5 Å². The van der Waals surface area contributed by atoms with Gasteiger partial charge in [-0.3, -0.25) is 35.2 Å². The topological polar surface area (TPSA) is 157 Å². The van der Waals surface area contributed by atoms with E-state index in [1.807, 2.05) is 0 Å². The maximum absolute atomic E-state index is 13.2. The van der Waals surface area contributed by atoms with Crippen molar-refractivity contribution in [1.29, 1.82) is 0 Å². The molecule has 11 nitrogen and oxygen atoms in total. The number of nitrogens with one attached hydrogen (secondary N) is 2. The second-order valence-electron chi connectivity index (χ2n) is 7.59. The molecule has 0 unspecified atom stereocenters. The highest BCUT2D eigenvalue weighted by molar-refractivity contribution is 6.59. The molecule has 0 atom stereocenters. The lowest BCUT2D eigenvalue weighted by molar-refractivity contribution is -0.384. The molecule has 0 spiro atoms. The van der Waals surface area contributed by atoms with Crippen LogP contribution in [0.15, 0.2) is 77.4 Å². The molecule has 0 saturated heterocycles. The molecule has 3 aromatic rings. The molecule has 0 heterocycles. The Bertz CT molecular complexity index is 1460. The van der Waals surface area contributed by atoms with Gasteiger partial charge in [0.15, 0.2) is 0 Å². The van der Waals surface area contributed by atoms with Crippen molar-refractivity contribution in [3.8, 4) is 0 Å². The van der Waals surface area contributed by atoms with Gasteiger partial charge in [-0.2, -0.15) is 5.10 Å². The summed E-state index contributed by atoms with van der Waals surface area (Å²) in [7, 11) is 0. The summed E-state index contributed by atoms with van der Waals surface area (Å²) in [6.45, 7) is 1.71. The van der Waals surface area contributed by atoms with Gasteiger partial charge in [-0.15, -0.1) is 0 Å². The van der Waals surface area contributed by atoms with Crippen molar-refractivity contribution in [2.24, 2.45) is 5.10 Å². The molecule has 0 fully saturated rings. The van der Waals surface area contributed by atoms with Gasteiger partial charge in [0.1, 0.15) is 11.4 Å². The number of nitrogens with zero attached hydrogens (tertiary/aromatic N) is 3. The molecule has 0 aliphatic heterocycles. The highest BCUT2D eigenvalue weighted by atomic mass is 16.6. The number of anilines is 2. The Morgan fingerprint density at radius 2 is 1.71 bits per heavy atom. The van der Waals surface area contributed by atoms with Crippen LogP contribution >= 0.6 is 0 Å². The van der Waals surface area contributed by atoms with Crippen LogP contribution in [0.2, 0.25) is 0 Å². The number of benzene rings is 3. The summed E-state index contributed by atoms with van der Waals surface area (Å²) in [5, 5.41) is 29.0. The number of nitro benzene ring substituents is 2. The molecular formula is C24H17N5O6. The predicted octanol–water partition coefficient (Wildman–Crippen LogP) is 4.23. The number of carbonyl (C=O) groups is 2. The Labute approximate surface area is 198 Å². The molecule has 1 amide bonds. The molecule has 35 heavy (non-hydrogen) atoms. The van der Waals surface area contributed by atoms with Gasteiger partial charge in [0, 0.05) is 29.4 Å². The highest BCUT2D eigenvalue weighted by Crippen LogP contribution is 2.27. The molecule has 3 aromatic carbocycles. The molecule has 1 aliphatic carbocycles. The zero-order valence-corrected chi connectivity index (χ0v) is 18.2. The lowest BCUT2D eigenvalue weighted by atomic mass is 9.89. The Morgan fingerprint density at radius 3 is 2.46 bits per heavy atom. The summed E-state index contributed by atoms with van der Waals surface area (Å²) >= 11 is 0. The van der Waals surface area contributed by atoms with E-state index in [4.69, 9.17) is 0 Å². The van der Waals surface area contributed by atoms with Crippen LogP contribution in [0.25, 0.3) is 6.08 Å². The van der Waals surface area contributed by atoms with E-state index in [0.717, 1.165) is 0 Å². The van der Waals surface area contributed by atoms with E-state index in [2.05, 4.69) is 15.8 Å². The summed E-state index contributed by atoms with van der Waals surface area (Å²) in [5.74, 6) is -1.49. The monoisotopic (exact) mass is 471 g/mol. The number of hydrazone groups is 1. The van der Waals surface area contributed by atoms with Crippen LogP contribution in [0, 0.1) is 27.2 Å². The molecule has 174 valence electrons. The van der Waals surface area contributed by atoms with E-state index in [-0.39, 0.29) is 34.0 Å². The van der Waals surface area contributed by atoms with Crippen LogP contribution in [0.4, 0.5) is 22.7 Å².